The van der Waals surface area contributed by atoms with Gasteiger partial charge in [-0.3, -0.25) is 4.79 Å². The fraction of sp³-hybridized carbons (Fsp3) is 0.250. The van der Waals surface area contributed by atoms with E-state index in [9.17, 15) is 9.90 Å². The van der Waals surface area contributed by atoms with Gasteiger partial charge in [0.1, 0.15) is 17.9 Å². The van der Waals surface area contributed by atoms with Crippen LogP contribution < -0.4 is 0 Å². The number of allylic oxidation sites excluding steroid dienone is 9. The number of hydrogen-bond acceptors (Lipinski definition) is 5. The van der Waals surface area contributed by atoms with Gasteiger partial charge >= 0.3 is 0 Å². The number of halogens is 1. The summed E-state index contributed by atoms with van der Waals surface area (Å²) in [5.74, 6) is -0.155. The molecule has 1 saturated heterocycles. The molecule has 0 radical (unpaired) electrons. The number of nitrogens with zero attached hydrogens (tertiary/aromatic N) is 5. The highest BCUT2D eigenvalue weighted by Crippen LogP contribution is 2.34. The number of carbonyl (C=O) groups is 1. The van der Waals surface area contributed by atoms with Crippen molar-refractivity contribution in [1.82, 2.24) is 24.9 Å². The van der Waals surface area contributed by atoms with Crippen molar-refractivity contribution >= 4 is 39.7 Å². The minimum absolute atomic E-state index is 0.0401. The van der Waals surface area contributed by atoms with Crippen LogP contribution in [0.4, 0.5) is 0 Å². The molecule has 1 amide bonds. The molecule has 3 rings (SSSR count). The van der Waals surface area contributed by atoms with Crippen LogP contribution in [0.2, 0.25) is 5.02 Å². The minimum Gasteiger partial charge on any atom is -0.391 e. The van der Waals surface area contributed by atoms with Crippen molar-refractivity contribution < 1.29 is 9.90 Å². The lowest BCUT2D eigenvalue weighted by molar-refractivity contribution is -0.131. The molecule has 1 N–H and O–H groups in total. The molecular weight excluding hydrogens is 426 g/mol. The summed E-state index contributed by atoms with van der Waals surface area (Å²) < 4.78 is 1.51. The van der Waals surface area contributed by atoms with Crippen LogP contribution in [0, 0.1) is 0 Å². The number of aliphatic hydroxyl groups is 1. The number of aromatic nitrogens is 4. The molecule has 1 fully saturated rings. The summed E-state index contributed by atoms with van der Waals surface area (Å²) in [5, 5.41) is 24.0. The molecule has 7 nitrogen and oxygen atoms in total. The van der Waals surface area contributed by atoms with Crippen molar-refractivity contribution in [1.29, 1.82) is 0 Å². The first-order chi connectivity index (χ1) is 15.4. The maximum atomic E-state index is 12.8. The molecule has 3 heterocycles. The molecule has 32 heavy (non-hydrogen) atoms. The van der Waals surface area contributed by atoms with Crippen molar-refractivity contribution in [2.75, 3.05) is 13.1 Å². The van der Waals surface area contributed by atoms with Gasteiger partial charge in [0.2, 0.25) is 5.91 Å². The van der Waals surface area contributed by atoms with Crippen LogP contribution in [0.25, 0.3) is 22.2 Å². The Bertz CT molecular complexity index is 1160. The zero-order chi connectivity index (χ0) is 23.3. The van der Waals surface area contributed by atoms with E-state index >= 15 is 0 Å². The Morgan fingerprint density at radius 2 is 1.91 bits per heavy atom. The number of hydrogen-bond donors (Lipinski definition) is 1. The third kappa shape index (κ3) is 4.64. The molecule has 166 valence electrons. The first-order valence-corrected chi connectivity index (χ1v) is 10.6. The standard InChI is InChI=1S/C24H26ClN5O2/c1-5-9-16(8-4)23-21(25)20-22(17(10-6-2)11-7-3)28-30(24(20)27-26-23)15-19(32)29-13-12-18(31)14-29/h5-11,18,31H,1-2,4,12-15H2,3H3. The van der Waals surface area contributed by atoms with E-state index in [1.165, 1.54) is 4.68 Å². The Hall–Kier alpha value is -3.29. The van der Waals surface area contributed by atoms with Crippen molar-refractivity contribution in [3.05, 3.63) is 78.7 Å². The number of rotatable bonds is 8. The van der Waals surface area contributed by atoms with E-state index in [2.05, 4.69) is 35.0 Å². The molecule has 0 bridgehead atoms. The zero-order valence-electron chi connectivity index (χ0n) is 18.0. The molecular formula is C24H26ClN5O2. The SMILES string of the molecule is C=CC=C(C=C)c1nnc2c(c(C(C=CC)=CC=C)nn2CC(=O)N2CCC(O)C2)c1Cl. The summed E-state index contributed by atoms with van der Waals surface area (Å²) in [6, 6.07) is 0. The predicted molar refractivity (Wildman–Crippen MR) is 129 cm³/mol. The number of amides is 1. The van der Waals surface area contributed by atoms with Crippen LogP contribution in [-0.4, -0.2) is 55.1 Å². The van der Waals surface area contributed by atoms with Gasteiger partial charge in [0, 0.05) is 24.2 Å². The zero-order valence-corrected chi connectivity index (χ0v) is 18.8. The quantitative estimate of drug-likeness (QED) is 0.614. The van der Waals surface area contributed by atoms with Gasteiger partial charge in [-0.1, -0.05) is 73.9 Å². The second-order valence-electron chi connectivity index (χ2n) is 7.27. The fourth-order valence-corrected chi connectivity index (χ4v) is 3.92. The maximum absolute atomic E-state index is 12.8. The molecule has 0 saturated carbocycles. The van der Waals surface area contributed by atoms with Crippen LogP contribution in [0.3, 0.4) is 0 Å². The Morgan fingerprint density at radius 3 is 2.50 bits per heavy atom. The van der Waals surface area contributed by atoms with Gasteiger partial charge in [0.25, 0.3) is 0 Å². The van der Waals surface area contributed by atoms with Crippen LogP contribution >= 0.6 is 11.6 Å². The maximum Gasteiger partial charge on any atom is 0.244 e. The van der Waals surface area contributed by atoms with Crippen LogP contribution in [-0.2, 0) is 11.3 Å². The number of aliphatic hydroxyl groups excluding tert-OH is 1. The van der Waals surface area contributed by atoms with Crippen LogP contribution in [0.15, 0.2) is 62.3 Å². The predicted octanol–water partition coefficient (Wildman–Crippen LogP) is 3.97. The summed E-state index contributed by atoms with van der Waals surface area (Å²) in [4.78, 5) is 14.4. The van der Waals surface area contributed by atoms with E-state index in [0.29, 0.717) is 52.5 Å². The minimum atomic E-state index is -0.494. The summed E-state index contributed by atoms with van der Waals surface area (Å²) >= 11 is 6.81. The molecule has 2 aromatic rings. The molecule has 1 aliphatic heterocycles. The Labute approximate surface area is 192 Å². The second kappa shape index (κ2) is 10.3. The van der Waals surface area contributed by atoms with E-state index in [1.54, 1.807) is 29.2 Å². The summed E-state index contributed by atoms with van der Waals surface area (Å²) in [5.41, 5.74) is 2.84. The molecule has 1 aliphatic rings. The molecule has 0 aliphatic carbocycles. The lowest BCUT2D eigenvalue weighted by Gasteiger charge is -2.15. The third-order valence-electron chi connectivity index (χ3n) is 5.11. The largest absolute Gasteiger partial charge is 0.391 e. The first-order valence-electron chi connectivity index (χ1n) is 10.2. The van der Waals surface area contributed by atoms with Gasteiger partial charge in [-0.15, -0.1) is 10.2 Å². The van der Waals surface area contributed by atoms with E-state index in [1.807, 2.05) is 25.2 Å². The topological polar surface area (TPSA) is 84.1 Å². The van der Waals surface area contributed by atoms with E-state index in [0.717, 1.165) is 5.57 Å². The highest BCUT2D eigenvalue weighted by Gasteiger charge is 2.27. The summed E-state index contributed by atoms with van der Waals surface area (Å²) in [7, 11) is 0. The van der Waals surface area contributed by atoms with Gasteiger partial charge in [0.15, 0.2) is 5.65 Å². The normalized spacial score (nSPS) is 17.3. The first kappa shape index (κ1) is 23.4. The number of fused-ring (bicyclic) bond motifs is 1. The summed E-state index contributed by atoms with van der Waals surface area (Å²) in [6.07, 6.45) is 12.3. The monoisotopic (exact) mass is 451 g/mol. The smallest absolute Gasteiger partial charge is 0.244 e. The lowest BCUT2D eigenvalue weighted by atomic mass is 10.1. The van der Waals surface area contributed by atoms with Crippen molar-refractivity contribution in [3.63, 3.8) is 0 Å². The second-order valence-corrected chi connectivity index (χ2v) is 7.65. The van der Waals surface area contributed by atoms with Crippen molar-refractivity contribution in [3.8, 4) is 0 Å². The molecule has 1 unspecified atom stereocenters. The highest BCUT2D eigenvalue weighted by atomic mass is 35.5. The van der Waals surface area contributed by atoms with Crippen LogP contribution in [0.5, 0.6) is 0 Å². The molecule has 0 spiro atoms. The van der Waals surface area contributed by atoms with Gasteiger partial charge in [-0.25, -0.2) is 4.68 Å². The lowest BCUT2D eigenvalue weighted by Crippen LogP contribution is -2.33. The molecule has 2 aromatic heterocycles. The van der Waals surface area contributed by atoms with Crippen molar-refractivity contribution in [2.45, 2.75) is 26.0 Å². The number of β-amino-alcohol motifs (C(OH)–C–C–N with tert-alkyl or cyclic N) is 1. The van der Waals surface area contributed by atoms with Crippen LogP contribution in [0.1, 0.15) is 24.7 Å². The van der Waals surface area contributed by atoms with E-state index in [4.69, 9.17) is 11.6 Å². The van der Waals surface area contributed by atoms with Gasteiger partial charge in [-0.05, 0) is 13.3 Å². The highest BCUT2D eigenvalue weighted by molar-refractivity contribution is 6.37. The van der Waals surface area contributed by atoms with Gasteiger partial charge in [-0.2, -0.15) is 5.10 Å². The Morgan fingerprint density at radius 1 is 1.19 bits per heavy atom. The van der Waals surface area contributed by atoms with Gasteiger partial charge < -0.3 is 10.0 Å². The van der Waals surface area contributed by atoms with E-state index in [-0.39, 0.29) is 12.5 Å². The molecule has 0 aromatic carbocycles. The number of carbonyl (C=O) groups excluding carboxylic acids is 1. The Balaban J connectivity index is 2.20. The Kier molecular flexibility index (Phi) is 7.56. The average Bonchev–Trinajstić information content (AvgIpc) is 3.37. The fourth-order valence-electron chi connectivity index (χ4n) is 3.60. The summed E-state index contributed by atoms with van der Waals surface area (Å²) in [6.45, 7) is 14.0. The van der Waals surface area contributed by atoms with Crippen molar-refractivity contribution in [2.24, 2.45) is 0 Å². The van der Waals surface area contributed by atoms with E-state index < -0.39 is 6.10 Å². The third-order valence-corrected chi connectivity index (χ3v) is 5.47. The van der Waals surface area contributed by atoms with Gasteiger partial charge in [0.05, 0.1) is 16.5 Å². The average molecular weight is 452 g/mol. The molecule has 8 heteroatoms. The molecule has 1 atom stereocenters. The number of likely N-dealkylation sites (tertiary alicyclic amines) is 1.